The second kappa shape index (κ2) is 15.0. The van der Waals surface area contributed by atoms with Gasteiger partial charge in [0.1, 0.15) is 0 Å². The number of hydrogen-bond acceptors (Lipinski definition) is 1. The van der Waals surface area contributed by atoms with Gasteiger partial charge >= 0.3 is 0 Å². The molecule has 0 spiro atoms. The summed E-state index contributed by atoms with van der Waals surface area (Å²) >= 11 is 0. The number of hydrogen-bond donors (Lipinski definition) is 0. The van der Waals surface area contributed by atoms with Crippen molar-refractivity contribution in [2.24, 2.45) is 0 Å². The number of allylic oxidation sites excluding steroid dienone is 5. The van der Waals surface area contributed by atoms with E-state index in [-0.39, 0.29) is 0 Å². The Morgan fingerprint density at radius 3 is 1.57 bits per heavy atom. The van der Waals surface area contributed by atoms with Gasteiger partial charge in [-0.1, -0.05) is 201 Å². The van der Waals surface area contributed by atoms with Crippen LogP contribution in [0.2, 0.25) is 0 Å². The number of fused-ring (bicyclic) bond motifs is 3. The summed E-state index contributed by atoms with van der Waals surface area (Å²) in [6, 6.07) is 71.9. The highest BCUT2D eigenvalue weighted by atomic mass is 14.7. The number of nitrogens with zero attached hydrogens (tertiary/aromatic N) is 1. The van der Waals surface area contributed by atoms with Gasteiger partial charge in [0.05, 0.1) is 16.8 Å². The zero-order valence-corrected chi connectivity index (χ0v) is 31.4. The van der Waals surface area contributed by atoms with Crippen molar-refractivity contribution in [3.63, 3.8) is 0 Å². The molecule has 0 radical (unpaired) electrons. The van der Waals surface area contributed by atoms with E-state index >= 15 is 0 Å². The number of aromatic nitrogens is 1. The smallest absolute Gasteiger partial charge is 0.0715 e. The van der Waals surface area contributed by atoms with Gasteiger partial charge in [0.15, 0.2) is 0 Å². The zero-order chi connectivity index (χ0) is 37.9. The fraction of sp³-hybridized carbons (Fsp3) is 0.0364. The van der Waals surface area contributed by atoms with E-state index in [9.17, 15) is 0 Å². The average Bonchev–Trinajstić information content (AvgIpc) is 3.58. The predicted molar refractivity (Wildman–Crippen MR) is 236 cm³/mol. The third-order valence-electron chi connectivity index (χ3n) is 11.1. The highest BCUT2D eigenvalue weighted by Crippen LogP contribution is 2.56. The first-order chi connectivity index (χ1) is 27.6. The molecule has 9 rings (SSSR count). The first-order valence-corrected chi connectivity index (χ1v) is 19.2. The SMILES string of the molecule is C=C/C(=C\C=C(/C)c1cccc(-c2ccc3c(c2)-c2ccccc2C3(c2ccccc2)c2ccccc2)c1)c1cc(-c2ccccc2)nc(-c2ccccc2)c1. The molecule has 0 saturated carbocycles. The first-order valence-electron chi connectivity index (χ1n) is 19.2. The summed E-state index contributed by atoms with van der Waals surface area (Å²) in [6.07, 6.45) is 6.31. The quantitative estimate of drug-likeness (QED) is 0.136. The van der Waals surface area contributed by atoms with Gasteiger partial charge in [0.2, 0.25) is 0 Å². The lowest BCUT2D eigenvalue weighted by molar-refractivity contribution is 0.768. The van der Waals surface area contributed by atoms with Crippen LogP contribution in [0.4, 0.5) is 0 Å². The fourth-order valence-corrected chi connectivity index (χ4v) is 8.38. The Balaban J connectivity index is 1.09. The van der Waals surface area contributed by atoms with Crippen molar-refractivity contribution in [3.8, 4) is 44.8 Å². The Morgan fingerprint density at radius 2 is 0.964 bits per heavy atom. The minimum absolute atomic E-state index is 0.401. The highest BCUT2D eigenvalue weighted by molar-refractivity contribution is 5.89. The van der Waals surface area contributed by atoms with E-state index in [0.29, 0.717) is 0 Å². The molecule has 8 aromatic rings. The Bertz CT molecular complexity index is 2640. The molecule has 1 heteroatoms. The molecule has 7 aromatic carbocycles. The Kier molecular flexibility index (Phi) is 9.27. The second-order valence-electron chi connectivity index (χ2n) is 14.4. The minimum Gasteiger partial charge on any atom is -0.248 e. The lowest BCUT2D eigenvalue weighted by Gasteiger charge is -2.33. The average molecular weight is 716 g/mol. The van der Waals surface area contributed by atoms with E-state index in [4.69, 9.17) is 4.98 Å². The van der Waals surface area contributed by atoms with Gasteiger partial charge in [0, 0.05) is 11.1 Å². The molecule has 1 aliphatic rings. The van der Waals surface area contributed by atoms with Crippen molar-refractivity contribution in [2.75, 3.05) is 0 Å². The summed E-state index contributed by atoms with van der Waals surface area (Å²) in [7, 11) is 0. The standard InChI is InChI=1S/C55H41N/c1-3-40(46-37-53(41-19-8-4-9-20-41)56-54(38-46)42-21-10-5-11-22-42)32-31-39(2)43-23-18-24-44(35-43)45-33-34-52-50(36-45)49-29-16-17-30-51(49)55(52,47-25-12-6-13-26-47)48-27-14-7-15-28-48/h3-38H,1H2,2H3/b39-31+,40-32+. The molecule has 0 bridgehead atoms. The van der Waals surface area contributed by atoms with Crippen molar-refractivity contribution < 1.29 is 0 Å². The van der Waals surface area contributed by atoms with Gasteiger partial charge in [-0.25, -0.2) is 4.98 Å². The molecule has 0 amide bonds. The number of benzene rings is 7. The van der Waals surface area contributed by atoms with Crippen molar-refractivity contribution in [1.29, 1.82) is 0 Å². The summed E-state index contributed by atoms with van der Waals surface area (Å²) in [5.41, 5.74) is 18.2. The topological polar surface area (TPSA) is 12.9 Å². The van der Waals surface area contributed by atoms with Crippen LogP contribution in [-0.4, -0.2) is 4.98 Å². The molecule has 0 fully saturated rings. The van der Waals surface area contributed by atoms with Crippen LogP contribution < -0.4 is 0 Å². The summed E-state index contributed by atoms with van der Waals surface area (Å²) in [6.45, 7) is 6.40. The molecule has 1 aliphatic carbocycles. The summed E-state index contributed by atoms with van der Waals surface area (Å²) in [5.74, 6) is 0. The molecule has 1 nitrogen and oxygen atoms in total. The van der Waals surface area contributed by atoms with Crippen molar-refractivity contribution in [1.82, 2.24) is 4.98 Å². The van der Waals surface area contributed by atoms with Gasteiger partial charge in [-0.2, -0.15) is 0 Å². The molecule has 1 heterocycles. The number of pyridine rings is 1. The van der Waals surface area contributed by atoms with Crippen LogP contribution in [0, 0.1) is 0 Å². The van der Waals surface area contributed by atoms with Crippen LogP contribution >= 0.6 is 0 Å². The van der Waals surface area contributed by atoms with Gasteiger partial charge in [-0.05, 0) is 98.0 Å². The zero-order valence-electron chi connectivity index (χ0n) is 31.4. The lowest BCUT2D eigenvalue weighted by atomic mass is 9.67. The Labute approximate surface area is 330 Å². The monoisotopic (exact) mass is 715 g/mol. The maximum absolute atomic E-state index is 5.07. The van der Waals surface area contributed by atoms with Crippen LogP contribution in [0.1, 0.15) is 40.3 Å². The highest BCUT2D eigenvalue weighted by Gasteiger charge is 2.45. The summed E-state index contributed by atoms with van der Waals surface area (Å²) in [4.78, 5) is 5.07. The Morgan fingerprint density at radius 1 is 0.446 bits per heavy atom. The minimum atomic E-state index is -0.401. The number of rotatable bonds is 9. The molecule has 1 aromatic heterocycles. The van der Waals surface area contributed by atoms with Crippen LogP contribution in [0.25, 0.3) is 55.9 Å². The maximum Gasteiger partial charge on any atom is 0.0715 e. The van der Waals surface area contributed by atoms with Crippen LogP contribution in [0.3, 0.4) is 0 Å². The van der Waals surface area contributed by atoms with Crippen molar-refractivity contribution in [3.05, 3.63) is 258 Å². The maximum atomic E-state index is 5.07. The molecule has 56 heavy (non-hydrogen) atoms. The van der Waals surface area contributed by atoms with Crippen LogP contribution in [0.5, 0.6) is 0 Å². The molecular formula is C55H41N. The molecule has 0 saturated heterocycles. The van der Waals surface area contributed by atoms with Gasteiger partial charge < -0.3 is 0 Å². The Hall–Kier alpha value is -7.09. The van der Waals surface area contributed by atoms with Crippen LogP contribution in [0.15, 0.2) is 225 Å². The second-order valence-corrected chi connectivity index (χ2v) is 14.4. The fourth-order valence-electron chi connectivity index (χ4n) is 8.38. The van der Waals surface area contributed by atoms with E-state index in [1.54, 1.807) is 0 Å². The molecule has 0 aliphatic heterocycles. The molecule has 266 valence electrons. The van der Waals surface area contributed by atoms with Crippen molar-refractivity contribution >= 4 is 11.1 Å². The van der Waals surface area contributed by atoms with E-state index in [0.717, 1.165) is 33.7 Å². The normalized spacial score (nSPS) is 13.2. The van der Waals surface area contributed by atoms with E-state index in [2.05, 4.69) is 214 Å². The molecule has 0 unspecified atom stereocenters. The third kappa shape index (κ3) is 6.24. The lowest BCUT2D eigenvalue weighted by Crippen LogP contribution is -2.28. The largest absolute Gasteiger partial charge is 0.248 e. The van der Waals surface area contributed by atoms with Crippen LogP contribution in [-0.2, 0) is 5.41 Å². The van der Waals surface area contributed by atoms with Gasteiger partial charge in [-0.3, -0.25) is 0 Å². The molecule has 0 N–H and O–H groups in total. The van der Waals surface area contributed by atoms with E-state index < -0.39 is 5.41 Å². The molecular weight excluding hydrogens is 675 g/mol. The molecule has 0 atom stereocenters. The van der Waals surface area contributed by atoms with Gasteiger partial charge in [0.25, 0.3) is 0 Å². The van der Waals surface area contributed by atoms with E-state index in [1.807, 2.05) is 18.2 Å². The van der Waals surface area contributed by atoms with E-state index in [1.165, 1.54) is 55.6 Å². The predicted octanol–water partition coefficient (Wildman–Crippen LogP) is 14.1. The first kappa shape index (κ1) is 34.7. The summed E-state index contributed by atoms with van der Waals surface area (Å²) in [5, 5.41) is 0. The summed E-state index contributed by atoms with van der Waals surface area (Å²) < 4.78 is 0. The third-order valence-corrected chi connectivity index (χ3v) is 11.1. The van der Waals surface area contributed by atoms with Crippen molar-refractivity contribution in [2.45, 2.75) is 12.3 Å². The van der Waals surface area contributed by atoms with Gasteiger partial charge in [-0.15, -0.1) is 0 Å².